The van der Waals surface area contributed by atoms with Crippen LogP contribution < -0.4 is 0 Å². The summed E-state index contributed by atoms with van der Waals surface area (Å²) in [5, 5.41) is 0.943. The first-order chi connectivity index (χ1) is 8.63. The Morgan fingerprint density at radius 3 is 2.72 bits per heavy atom. The van der Waals surface area contributed by atoms with Gasteiger partial charge in [-0.15, -0.1) is 0 Å². The van der Waals surface area contributed by atoms with Crippen molar-refractivity contribution < 1.29 is 4.79 Å². The largest absolute Gasteiger partial charge is 0.293 e. The van der Waals surface area contributed by atoms with Crippen LogP contribution in [0.15, 0.2) is 18.2 Å². The zero-order valence-electron chi connectivity index (χ0n) is 10.0. The van der Waals surface area contributed by atoms with E-state index < -0.39 is 0 Å². The second-order valence-corrected chi connectivity index (χ2v) is 6.13. The lowest BCUT2D eigenvalue weighted by atomic mass is 10.1. The Labute approximate surface area is 117 Å². The molecule has 0 aromatic heterocycles. The van der Waals surface area contributed by atoms with Crippen molar-refractivity contribution in [2.24, 2.45) is 5.92 Å². The summed E-state index contributed by atoms with van der Waals surface area (Å²) in [4.78, 5) is 14.5. The predicted molar refractivity (Wildman–Crippen MR) is 73.5 cm³/mol. The number of benzene rings is 1. The van der Waals surface area contributed by atoms with Crippen LogP contribution in [0.25, 0.3) is 0 Å². The monoisotopic (exact) mass is 283 g/mol. The molecule has 0 N–H and O–H groups in total. The molecule has 18 heavy (non-hydrogen) atoms. The van der Waals surface area contributed by atoms with Gasteiger partial charge in [0, 0.05) is 18.2 Å². The number of Topliss-reactive ketones (excluding diaryl/α,β-unsaturated/α-hetero) is 1. The molecule has 0 radical (unpaired) electrons. The van der Waals surface area contributed by atoms with Crippen LogP contribution in [-0.2, 0) is 0 Å². The maximum Gasteiger partial charge on any atom is 0.176 e. The Morgan fingerprint density at radius 2 is 2.11 bits per heavy atom. The summed E-state index contributed by atoms with van der Waals surface area (Å²) in [6.45, 7) is 1.59. The third kappa shape index (κ3) is 2.29. The van der Waals surface area contributed by atoms with Gasteiger partial charge in [-0.25, -0.2) is 0 Å². The second kappa shape index (κ2) is 4.84. The highest BCUT2D eigenvalue weighted by molar-refractivity contribution is 6.42. The Kier molecular flexibility index (Phi) is 3.35. The highest BCUT2D eigenvalue weighted by atomic mass is 35.5. The van der Waals surface area contributed by atoms with Crippen LogP contribution in [0.4, 0.5) is 0 Å². The molecule has 2 atom stereocenters. The standard InChI is InChI=1S/C14H15Cl2NO/c15-12-4-2-10(6-13(12)16)14(18)8-17-7-9-1-3-11(17)5-9/h2,4,6,9,11H,1,3,5,7-8H2. The van der Waals surface area contributed by atoms with Crippen molar-refractivity contribution in [1.82, 2.24) is 4.90 Å². The molecule has 4 heteroatoms. The normalized spacial score (nSPS) is 26.8. The summed E-state index contributed by atoms with van der Waals surface area (Å²) in [6, 6.07) is 5.74. The number of fused-ring (bicyclic) bond motifs is 2. The van der Waals surface area contributed by atoms with E-state index in [0.717, 1.165) is 12.5 Å². The van der Waals surface area contributed by atoms with E-state index in [9.17, 15) is 4.79 Å². The fourth-order valence-corrected chi connectivity index (χ4v) is 3.46. The van der Waals surface area contributed by atoms with Gasteiger partial charge in [0.05, 0.1) is 16.6 Å². The van der Waals surface area contributed by atoms with Gasteiger partial charge in [-0.1, -0.05) is 23.2 Å². The summed E-state index contributed by atoms with van der Waals surface area (Å²) in [5.41, 5.74) is 0.659. The summed E-state index contributed by atoms with van der Waals surface area (Å²) in [6.07, 6.45) is 3.86. The van der Waals surface area contributed by atoms with Crippen molar-refractivity contribution in [3.05, 3.63) is 33.8 Å². The zero-order valence-corrected chi connectivity index (χ0v) is 11.5. The van der Waals surface area contributed by atoms with Crippen molar-refractivity contribution in [3.8, 4) is 0 Å². The first-order valence-electron chi connectivity index (χ1n) is 6.36. The van der Waals surface area contributed by atoms with Crippen molar-refractivity contribution in [2.75, 3.05) is 13.1 Å². The molecule has 1 saturated carbocycles. The molecule has 2 unspecified atom stereocenters. The van der Waals surface area contributed by atoms with Gasteiger partial charge < -0.3 is 0 Å². The van der Waals surface area contributed by atoms with Crippen molar-refractivity contribution >= 4 is 29.0 Å². The van der Waals surface area contributed by atoms with Gasteiger partial charge in [-0.2, -0.15) is 0 Å². The van der Waals surface area contributed by atoms with Gasteiger partial charge in [0.2, 0.25) is 0 Å². The van der Waals surface area contributed by atoms with Crippen LogP contribution in [0.1, 0.15) is 29.6 Å². The van der Waals surface area contributed by atoms with Crippen LogP contribution in [0, 0.1) is 5.92 Å². The van der Waals surface area contributed by atoms with Gasteiger partial charge in [0.15, 0.2) is 5.78 Å². The number of nitrogens with zero attached hydrogens (tertiary/aromatic N) is 1. The summed E-state index contributed by atoms with van der Waals surface area (Å²) in [7, 11) is 0. The molecule has 2 nitrogen and oxygen atoms in total. The number of rotatable bonds is 3. The third-order valence-electron chi connectivity index (χ3n) is 4.11. The van der Waals surface area contributed by atoms with E-state index in [-0.39, 0.29) is 5.78 Å². The molecule has 2 aliphatic rings. The molecule has 1 aromatic carbocycles. The van der Waals surface area contributed by atoms with Gasteiger partial charge in [-0.3, -0.25) is 9.69 Å². The smallest absolute Gasteiger partial charge is 0.176 e. The number of likely N-dealkylation sites (tertiary alicyclic amines) is 1. The van der Waals surface area contributed by atoms with Gasteiger partial charge >= 0.3 is 0 Å². The van der Waals surface area contributed by atoms with E-state index in [0.29, 0.717) is 28.2 Å². The van der Waals surface area contributed by atoms with E-state index in [1.54, 1.807) is 18.2 Å². The topological polar surface area (TPSA) is 20.3 Å². The van der Waals surface area contributed by atoms with Gasteiger partial charge in [0.25, 0.3) is 0 Å². The lowest BCUT2D eigenvalue weighted by molar-refractivity contribution is 0.0905. The minimum Gasteiger partial charge on any atom is -0.293 e. The minimum atomic E-state index is 0.140. The summed E-state index contributed by atoms with van der Waals surface area (Å²) >= 11 is 11.8. The number of hydrogen-bond acceptors (Lipinski definition) is 2. The average molecular weight is 284 g/mol. The predicted octanol–water partition coefficient (Wildman–Crippen LogP) is 3.66. The lowest BCUT2D eigenvalue weighted by Crippen LogP contribution is -2.36. The average Bonchev–Trinajstić information content (AvgIpc) is 2.94. The second-order valence-electron chi connectivity index (χ2n) is 5.31. The molecular weight excluding hydrogens is 269 g/mol. The van der Waals surface area contributed by atoms with Crippen LogP contribution in [0.2, 0.25) is 10.0 Å². The SMILES string of the molecule is O=C(CN1CC2CCC1C2)c1ccc(Cl)c(Cl)c1. The molecule has 3 rings (SSSR count). The molecule has 1 aliphatic carbocycles. The summed E-state index contributed by atoms with van der Waals surface area (Å²) in [5.74, 6) is 0.956. The number of halogens is 2. The number of ketones is 1. The lowest BCUT2D eigenvalue weighted by Gasteiger charge is -2.25. The molecule has 0 spiro atoms. The number of hydrogen-bond donors (Lipinski definition) is 0. The van der Waals surface area contributed by atoms with E-state index in [1.807, 2.05) is 0 Å². The molecule has 1 aromatic rings. The number of carbonyl (C=O) groups excluding carboxylic acids is 1. The van der Waals surface area contributed by atoms with Gasteiger partial charge in [-0.05, 0) is 43.4 Å². The van der Waals surface area contributed by atoms with Crippen molar-refractivity contribution in [3.63, 3.8) is 0 Å². The fraction of sp³-hybridized carbons (Fsp3) is 0.500. The molecule has 1 heterocycles. The van der Waals surface area contributed by atoms with Crippen LogP contribution >= 0.6 is 23.2 Å². The zero-order chi connectivity index (χ0) is 12.7. The molecule has 96 valence electrons. The van der Waals surface area contributed by atoms with Crippen LogP contribution in [0.3, 0.4) is 0 Å². The number of piperidine rings is 1. The fourth-order valence-electron chi connectivity index (χ4n) is 3.17. The highest BCUT2D eigenvalue weighted by Crippen LogP contribution is 2.37. The molecule has 2 fully saturated rings. The van der Waals surface area contributed by atoms with E-state index in [1.165, 1.54) is 19.3 Å². The maximum absolute atomic E-state index is 12.2. The van der Waals surface area contributed by atoms with E-state index in [2.05, 4.69) is 4.90 Å². The van der Waals surface area contributed by atoms with Crippen LogP contribution in [0.5, 0.6) is 0 Å². The highest BCUT2D eigenvalue weighted by Gasteiger charge is 2.38. The molecular formula is C14H15Cl2NO. The Morgan fingerprint density at radius 1 is 1.28 bits per heavy atom. The first-order valence-corrected chi connectivity index (χ1v) is 7.11. The van der Waals surface area contributed by atoms with E-state index >= 15 is 0 Å². The summed E-state index contributed by atoms with van der Waals surface area (Å²) < 4.78 is 0. The molecule has 1 aliphatic heterocycles. The quantitative estimate of drug-likeness (QED) is 0.789. The first kappa shape index (κ1) is 12.5. The minimum absolute atomic E-state index is 0.140. The third-order valence-corrected chi connectivity index (χ3v) is 4.85. The Balaban J connectivity index is 1.69. The molecule has 2 bridgehead atoms. The van der Waals surface area contributed by atoms with Crippen LogP contribution in [-0.4, -0.2) is 29.8 Å². The Hall–Kier alpha value is -0.570. The van der Waals surface area contributed by atoms with E-state index in [4.69, 9.17) is 23.2 Å². The van der Waals surface area contributed by atoms with Gasteiger partial charge in [0.1, 0.15) is 0 Å². The Bertz CT molecular complexity index is 489. The molecule has 1 saturated heterocycles. The number of carbonyl (C=O) groups is 1. The van der Waals surface area contributed by atoms with Crippen molar-refractivity contribution in [1.29, 1.82) is 0 Å². The van der Waals surface area contributed by atoms with Crippen molar-refractivity contribution in [2.45, 2.75) is 25.3 Å². The maximum atomic E-state index is 12.2. The molecule has 0 amide bonds.